The molecule has 0 atom stereocenters. The minimum Gasteiger partial charge on any atom is -0.497 e. The number of methoxy groups -OCH3 is 1. The first-order valence-electron chi connectivity index (χ1n) is 8.80. The molecular weight excluding hydrogens is 392 g/mol. The van der Waals surface area contributed by atoms with Crippen molar-refractivity contribution < 1.29 is 31.9 Å². The van der Waals surface area contributed by atoms with Crippen LogP contribution in [-0.2, 0) is 6.18 Å². The molecule has 5 nitrogen and oxygen atoms in total. The van der Waals surface area contributed by atoms with E-state index in [2.05, 4.69) is 0 Å². The van der Waals surface area contributed by atoms with Gasteiger partial charge in [0.25, 0.3) is 11.8 Å². The molecule has 1 aliphatic rings. The van der Waals surface area contributed by atoms with Crippen LogP contribution in [0.25, 0.3) is 0 Å². The summed E-state index contributed by atoms with van der Waals surface area (Å²) in [6.45, 7) is 0.275. The largest absolute Gasteiger partial charge is 0.497 e. The highest BCUT2D eigenvalue weighted by Gasteiger charge is 2.38. The normalized spacial score (nSPS) is 14.7. The number of amides is 2. The number of carbonyl (C=O) groups is 2. The van der Waals surface area contributed by atoms with Gasteiger partial charge in [-0.2, -0.15) is 13.2 Å². The summed E-state index contributed by atoms with van der Waals surface area (Å²) < 4.78 is 58.6. The molecule has 1 saturated heterocycles. The topological polar surface area (TPSA) is 49.9 Å². The Balaban J connectivity index is 1.71. The van der Waals surface area contributed by atoms with Gasteiger partial charge in [-0.3, -0.25) is 9.59 Å². The molecule has 2 aromatic rings. The average Bonchev–Trinajstić information content (AvgIpc) is 2.72. The number of hydrogen-bond donors (Lipinski definition) is 0. The van der Waals surface area contributed by atoms with Gasteiger partial charge in [-0.25, -0.2) is 4.39 Å². The Morgan fingerprint density at radius 3 is 1.97 bits per heavy atom. The number of carbonyl (C=O) groups excluding carboxylic acids is 2. The molecule has 3 rings (SSSR count). The molecule has 1 aliphatic heterocycles. The van der Waals surface area contributed by atoms with E-state index in [9.17, 15) is 27.2 Å². The van der Waals surface area contributed by atoms with Crippen LogP contribution in [0.2, 0.25) is 0 Å². The summed E-state index contributed by atoms with van der Waals surface area (Å²) in [4.78, 5) is 27.8. The van der Waals surface area contributed by atoms with Crippen LogP contribution in [0.15, 0.2) is 42.5 Å². The van der Waals surface area contributed by atoms with Crippen molar-refractivity contribution in [1.29, 1.82) is 0 Å². The minimum atomic E-state index is -4.85. The van der Waals surface area contributed by atoms with Crippen molar-refractivity contribution in [3.63, 3.8) is 0 Å². The third-order valence-corrected chi connectivity index (χ3v) is 4.72. The summed E-state index contributed by atoms with van der Waals surface area (Å²) in [7, 11) is 1.51. The van der Waals surface area contributed by atoms with Gasteiger partial charge in [-0.15, -0.1) is 0 Å². The Morgan fingerprint density at radius 2 is 1.45 bits per heavy atom. The summed E-state index contributed by atoms with van der Waals surface area (Å²) in [6, 6.07) is 8.92. The lowest BCUT2D eigenvalue weighted by atomic mass is 10.0. The van der Waals surface area contributed by atoms with E-state index in [4.69, 9.17) is 4.74 Å². The monoisotopic (exact) mass is 410 g/mol. The fraction of sp³-hybridized carbons (Fsp3) is 0.300. The number of ether oxygens (including phenoxy) is 1. The van der Waals surface area contributed by atoms with Gasteiger partial charge in [-0.1, -0.05) is 6.07 Å². The van der Waals surface area contributed by atoms with Crippen molar-refractivity contribution >= 4 is 11.8 Å². The van der Waals surface area contributed by atoms with Gasteiger partial charge in [-0.05, 0) is 36.4 Å². The van der Waals surface area contributed by atoms with Gasteiger partial charge in [0, 0.05) is 31.7 Å². The lowest BCUT2D eigenvalue weighted by Gasteiger charge is -2.35. The van der Waals surface area contributed by atoms with E-state index in [-0.39, 0.29) is 32.1 Å². The second-order valence-corrected chi connectivity index (χ2v) is 6.47. The van der Waals surface area contributed by atoms with E-state index in [0.29, 0.717) is 17.4 Å². The van der Waals surface area contributed by atoms with E-state index in [0.717, 1.165) is 17.0 Å². The fourth-order valence-electron chi connectivity index (χ4n) is 3.16. The predicted octanol–water partition coefficient (Wildman–Crippen LogP) is 3.45. The predicted molar refractivity (Wildman–Crippen MR) is 96.2 cm³/mol. The van der Waals surface area contributed by atoms with E-state index in [1.54, 1.807) is 24.3 Å². The van der Waals surface area contributed by atoms with Crippen LogP contribution in [0.1, 0.15) is 26.3 Å². The lowest BCUT2D eigenvalue weighted by Crippen LogP contribution is -2.51. The molecule has 1 fully saturated rings. The van der Waals surface area contributed by atoms with Gasteiger partial charge >= 0.3 is 6.18 Å². The molecule has 0 spiro atoms. The van der Waals surface area contributed by atoms with E-state index < -0.39 is 29.0 Å². The summed E-state index contributed by atoms with van der Waals surface area (Å²) in [5, 5.41) is 0. The number of nitrogens with zero attached hydrogens (tertiary/aromatic N) is 2. The molecule has 0 saturated carbocycles. The van der Waals surface area contributed by atoms with Crippen LogP contribution in [-0.4, -0.2) is 54.9 Å². The number of rotatable bonds is 3. The SMILES string of the molecule is COc1ccc(C(=O)N2CCN(C(=O)c3c(F)cccc3C(F)(F)F)CC2)cc1. The van der Waals surface area contributed by atoms with Crippen LogP contribution < -0.4 is 4.74 Å². The molecule has 1 heterocycles. The number of hydrogen-bond acceptors (Lipinski definition) is 3. The molecule has 0 aliphatic carbocycles. The Bertz CT molecular complexity index is 905. The first-order chi connectivity index (χ1) is 13.7. The van der Waals surface area contributed by atoms with Gasteiger partial charge in [0.2, 0.25) is 0 Å². The molecule has 0 radical (unpaired) electrons. The lowest BCUT2D eigenvalue weighted by molar-refractivity contribution is -0.138. The van der Waals surface area contributed by atoms with E-state index >= 15 is 0 Å². The van der Waals surface area contributed by atoms with Crippen molar-refractivity contribution in [2.24, 2.45) is 0 Å². The van der Waals surface area contributed by atoms with E-state index in [1.807, 2.05) is 0 Å². The quantitative estimate of drug-likeness (QED) is 0.729. The van der Waals surface area contributed by atoms with Crippen molar-refractivity contribution in [1.82, 2.24) is 9.80 Å². The Hall–Kier alpha value is -3.10. The molecule has 0 unspecified atom stereocenters. The van der Waals surface area contributed by atoms with Crippen LogP contribution >= 0.6 is 0 Å². The second kappa shape index (κ2) is 8.10. The maximum atomic E-state index is 14.1. The molecule has 0 N–H and O–H groups in total. The smallest absolute Gasteiger partial charge is 0.417 e. The molecule has 0 bridgehead atoms. The zero-order valence-corrected chi connectivity index (χ0v) is 15.5. The maximum absolute atomic E-state index is 14.1. The second-order valence-electron chi connectivity index (χ2n) is 6.47. The first kappa shape index (κ1) is 20.6. The van der Waals surface area contributed by atoms with Gasteiger partial charge < -0.3 is 14.5 Å². The van der Waals surface area contributed by atoms with Crippen LogP contribution in [0.5, 0.6) is 5.75 Å². The standard InChI is InChI=1S/C20H18F4N2O3/c1-29-14-7-5-13(6-8-14)18(27)25-9-11-26(12-10-25)19(28)17-15(20(22,23)24)3-2-4-16(17)21/h2-8H,9-12H2,1H3. The molecular formula is C20H18F4N2O3. The molecule has 2 amide bonds. The fourth-order valence-corrected chi connectivity index (χ4v) is 3.16. The van der Waals surface area contributed by atoms with Gasteiger partial charge in [0.05, 0.1) is 18.2 Å². The number of benzene rings is 2. The average molecular weight is 410 g/mol. The summed E-state index contributed by atoms with van der Waals surface area (Å²) in [5.41, 5.74) is -1.87. The molecule has 0 aromatic heterocycles. The summed E-state index contributed by atoms with van der Waals surface area (Å²) in [5.74, 6) is -1.92. The van der Waals surface area contributed by atoms with Gasteiger partial charge in [0.15, 0.2) is 0 Å². The molecule has 154 valence electrons. The minimum absolute atomic E-state index is 0.00631. The molecule has 29 heavy (non-hydrogen) atoms. The third kappa shape index (κ3) is 4.33. The summed E-state index contributed by atoms with van der Waals surface area (Å²) in [6.07, 6.45) is -4.85. The first-order valence-corrected chi connectivity index (χ1v) is 8.80. The highest BCUT2D eigenvalue weighted by molar-refractivity contribution is 5.97. The Morgan fingerprint density at radius 1 is 0.897 bits per heavy atom. The summed E-state index contributed by atoms with van der Waals surface area (Å²) >= 11 is 0. The van der Waals surface area contributed by atoms with Gasteiger partial charge in [0.1, 0.15) is 11.6 Å². The van der Waals surface area contributed by atoms with Crippen LogP contribution in [0.4, 0.5) is 17.6 Å². The highest BCUT2D eigenvalue weighted by Crippen LogP contribution is 2.33. The maximum Gasteiger partial charge on any atom is 0.417 e. The van der Waals surface area contributed by atoms with Crippen molar-refractivity contribution in [2.75, 3.05) is 33.3 Å². The third-order valence-electron chi connectivity index (χ3n) is 4.72. The highest BCUT2D eigenvalue weighted by atomic mass is 19.4. The Labute approximate surface area is 164 Å². The number of alkyl halides is 3. The molecule has 2 aromatic carbocycles. The van der Waals surface area contributed by atoms with E-state index in [1.165, 1.54) is 12.0 Å². The van der Waals surface area contributed by atoms with Crippen molar-refractivity contribution in [3.05, 3.63) is 65.0 Å². The van der Waals surface area contributed by atoms with Crippen LogP contribution in [0, 0.1) is 5.82 Å². The molecule has 9 heteroatoms. The zero-order valence-electron chi connectivity index (χ0n) is 15.5. The number of halogens is 4. The number of piperazine rings is 1. The van der Waals surface area contributed by atoms with Crippen LogP contribution in [0.3, 0.4) is 0 Å². The Kier molecular flexibility index (Phi) is 5.76. The zero-order chi connectivity index (χ0) is 21.2. The van der Waals surface area contributed by atoms with Crippen molar-refractivity contribution in [2.45, 2.75) is 6.18 Å². The van der Waals surface area contributed by atoms with Crippen molar-refractivity contribution in [3.8, 4) is 5.75 Å².